The Hall–Kier alpha value is -4.72. The van der Waals surface area contributed by atoms with Crippen molar-refractivity contribution in [2.45, 2.75) is 52.6 Å². The molecule has 216 valence electrons. The van der Waals surface area contributed by atoms with E-state index in [9.17, 15) is 19.2 Å². The van der Waals surface area contributed by atoms with Gasteiger partial charge >= 0.3 is 0 Å². The van der Waals surface area contributed by atoms with Crippen molar-refractivity contribution in [1.82, 2.24) is 9.80 Å². The first kappa shape index (κ1) is 25.9. The highest BCUT2D eigenvalue weighted by Crippen LogP contribution is 2.48. The van der Waals surface area contributed by atoms with Crippen LogP contribution in [0.1, 0.15) is 92.1 Å². The van der Waals surface area contributed by atoms with Crippen molar-refractivity contribution in [3.05, 3.63) is 81.9 Å². The molecule has 4 aliphatic rings. The summed E-state index contributed by atoms with van der Waals surface area (Å²) in [6, 6.07) is 15.5. The second kappa shape index (κ2) is 9.39. The van der Waals surface area contributed by atoms with Crippen LogP contribution in [0.5, 0.6) is 0 Å². The van der Waals surface area contributed by atoms with Gasteiger partial charge in [0.1, 0.15) is 0 Å². The van der Waals surface area contributed by atoms with Gasteiger partial charge in [-0.05, 0) is 48.2 Å². The largest absolute Gasteiger partial charge is 0.349 e. The van der Waals surface area contributed by atoms with Gasteiger partial charge in [-0.25, -0.2) is 0 Å². The maximum Gasteiger partial charge on any atom is 0.261 e. The summed E-state index contributed by atoms with van der Waals surface area (Å²) in [7, 11) is 0. The number of nitrogens with zero attached hydrogens (tertiary/aromatic N) is 4. The summed E-state index contributed by atoms with van der Waals surface area (Å²) in [6.07, 6.45) is 3.33. The van der Waals surface area contributed by atoms with Crippen LogP contribution in [0.15, 0.2) is 48.5 Å². The number of carbonyl (C=O) groups excluding carboxylic acids is 4. The molecule has 0 spiro atoms. The fourth-order valence-corrected chi connectivity index (χ4v) is 7.56. The highest BCUT2D eigenvalue weighted by Gasteiger charge is 2.40. The molecule has 8 heteroatoms. The van der Waals surface area contributed by atoms with Gasteiger partial charge in [0.15, 0.2) is 0 Å². The molecule has 4 amide bonds. The van der Waals surface area contributed by atoms with Gasteiger partial charge in [0.25, 0.3) is 23.6 Å². The second-order valence-electron chi connectivity index (χ2n) is 12.1. The van der Waals surface area contributed by atoms with Gasteiger partial charge in [0.05, 0.1) is 18.0 Å². The zero-order chi connectivity index (χ0) is 29.6. The number of imide groups is 2. The Labute approximate surface area is 249 Å². The molecule has 8 rings (SSSR count). The van der Waals surface area contributed by atoms with E-state index in [1.165, 1.54) is 9.80 Å². The number of fused-ring (bicyclic) bond motifs is 8. The third kappa shape index (κ3) is 3.49. The summed E-state index contributed by atoms with van der Waals surface area (Å²) in [5.74, 6) is -0.893. The third-order valence-corrected chi connectivity index (χ3v) is 9.49. The maximum atomic E-state index is 13.7. The fraction of sp³-hybridized carbons (Fsp3) is 0.314. The van der Waals surface area contributed by atoms with Gasteiger partial charge in [-0.2, -0.15) is 0 Å². The van der Waals surface area contributed by atoms with E-state index in [2.05, 4.69) is 23.6 Å². The molecule has 4 aliphatic heterocycles. The zero-order valence-electron chi connectivity index (χ0n) is 24.4. The van der Waals surface area contributed by atoms with Crippen LogP contribution in [0.3, 0.4) is 0 Å². The molecular weight excluding hydrogens is 540 g/mol. The summed E-state index contributed by atoms with van der Waals surface area (Å²) < 4.78 is 0. The average Bonchev–Trinajstić information content (AvgIpc) is 3.01. The lowest BCUT2D eigenvalue weighted by molar-refractivity contribution is 0.0593. The van der Waals surface area contributed by atoms with Gasteiger partial charge in [-0.3, -0.25) is 29.0 Å². The van der Waals surface area contributed by atoms with Gasteiger partial charge < -0.3 is 9.80 Å². The Kier molecular flexibility index (Phi) is 5.67. The minimum absolute atomic E-state index is 0.222. The Morgan fingerprint density at radius 2 is 1.00 bits per heavy atom. The molecule has 0 aromatic heterocycles. The van der Waals surface area contributed by atoms with Crippen molar-refractivity contribution in [3.63, 3.8) is 0 Å². The normalized spacial score (nSPS) is 16.9. The standard InChI is InChI=1S/C35H32N4O4/c1-3-5-13-38-32(40)24-11-7-9-22-28(24)26(34(38)42)15-20-17-36-19-37(30(20)22)18-21-16-27-29-23(31(21)36)10-8-12-25(29)33(41)39(35(27)43)14-6-4-2/h7-12,15-16H,3-6,13-14,17-19H2,1-2H3. The van der Waals surface area contributed by atoms with E-state index in [4.69, 9.17) is 0 Å². The highest BCUT2D eigenvalue weighted by atomic mass is 16.2. The number of unbranched alkanes of at least 4 members (excludes halogenated alkanes) is 2. The van der Waals surface area contributed by atoms with Crippen LogP contribution in [0.4, 0.5) is 11.4 Å². The van der Waals surface area contributed by atoms with Crippen molar-refractivity contribution in [2.75, 3.05) is 29.6 Å². The third-order valence-electron chi connectivity index (χ3n) is 9.49. The number of rotatable bonds is 6. The van der Waals surface area contributed by atoms with Crippen LogP contribution in [-0.2, 0) is 13.1 Å². The minimum Gasteiger partial charge on any atom is -0.349 e. The van der Waals surface area contributed by atoms with E-state index in [-0.39, 0.29) is 23.6 Å². The molecule has 0 saturated heterocycles. The molecule has 0 radical (unpaired) electrons. The average molecular weight is 573 g/mol. The number of hydrogen-bond donors (Lipinski definition) is 0. The highest BCUT2D eigenvalue weighted by molar-refractivity contribution is 6.28. The molecule has 0 atom stereocenters. The lowest BCUT2D eigenvalue weighted by atomic mass is 9.86. The van der Waals surface area contributed by atoms with Crippen molar-refractivity contribution >= 4 is 56.5 Å². The Balaban J connectivity index is 1.29. The van der Waals surface area contributed by atoms with Gasteiger partial charge in [-0.15, -0.1) is 0 Å². The molecule has 0 unspecified atom stereocenters. The van der Waals surface area contributed by atoms with E-state index >= 15 is 0 Å². The monoisotopic (exact) mass is 572 g/mol. The number of anilines is 2. The Bertz CT molecular complexity index is 1810. The second-order valence-corrected chi connectivity index (χ2v) is 12.1. The molecule has 4 aromatic rings. The molecule has 43 heavy (non-hydrogen) atoms. The zero-order valence-corrected chi connectivity index (χ0v) is 24.4. The van der Waals surface area contributed by atoms with Gasteiger partial charge in [0, 0.05) is 70.0 Å². The van der Waals surface area contributed by atoms with Crippen LogP contribution in [0.2, 0.25) is 0 Å². The van der Waals surface area contributed by atoms with E-state index in [1.807, 2.05) is 48.5 Å². The molecular formula is C35H32N4O4. The van der Waals surface area contributed by atoms with E-state index in [1.54, 1.807) is 0 Å². The number of amides is 4. The van der Waals surface area contributed by atoms with Crippen LogP contribution in [-0.4, -0.2) is 53.2 Å². The van der Waals surface area contributed by atoms with Crippen LogP contribution in [0.25, 0.3) is 21.5 Å². The van der Waals surface area contributed by atoms with Gasteiger partial charge in [-0.1, -0.05) is 51.0 Å². The molecule has 0 fully saturated rings. The van der Waals surface area contributed by atoms with Crippen molar-refractivity contribution in [2.24, 2.45) is 0 Å². The first-order valence-electron chi connectivity index (χ1n) is 15.3. The van der Waals surface area contributed by atoms with E-state index in [0.29, 0.717) is 55.1 Å². The Morgan fingerprint density at radius 3 is 1.42 bits per heavy atom. The lowest BCUT2D eigenvalue weighted by Gasteiger charge is -2.46. The van der Waals surface area contributed by atoms with Crippen molar-refractivity contribution < 1.29 is 19.2 Å². The topological polar surface area (TPSA) is 81.2 Å². The summed E-state index contributed by atoms with van der Waals surface area (Å²) in [5, 5.41) is 3.31. The van der Waals surface area contributed by atoms with E-state index in [0.717, 1.165) is 69.7 Å². The van der Waals surface area contributed by atoms with Crippen molar-refractivity contribution in [3.8, 4) is 0 Å². The summed E-state index contributed by atoms with van der Waals surface area (Å²) in [5.41, 5.74) is 6.48. The predicted molar refractivity (Wildman–Crippen MR) is 166 cm³/mol. The quantitative estimate of drug-likeness (QED) is 0.261. The molecule has 4 aromatic carbocycles. The van der Waals surface area contributed by atoms with Crippen LogP contribution >= 0.6 is 0 Å². The molecule has 0 aliphatic carbocycles. The first-order chi connectivity index (χ1) is 20.9. The Morgan fingerprint density at radius 1 is 0.581 bits per heavy atom. The summed E-state index contributed by atoms with van der Waals surface area (Å²) in [6.45, 7) is 6.71. The number of hydrogen-bond acceptors (Lipinski definition) is 6. The maximum absolute atomic E-state index is 13.7. The molecule has 0 N–H and O–H groups in total. The first-order valence-corrected chi connectivity index (χ1v) is 15.3. The minimum atomic E-state index is -0.224. The molecule has 8 nitrogen and oxygen atoms in total. The van der Waals surface area contributed by atoms with Crippen molar-refractivity contribution in [1.29, 1.82) is 0 Å². The molecule has 0 saturated carbocycles. The molecule has 2 bridgehead atoms. The number of carbonyl (C=O) groups is 4. The fourth-order valence-electron chi connectivity index (χ4n) is 7.56. The predicted octanol–water partition coefficient (Wildman–Crippen LogP) is 6.08. The SMILES string of the molecule is CCCCN1C(=O)c2cccc3c4c(cc(c23)C1=O)CN1CN4Cc2cc3c4c(cccc4c21)C(=O)N(CCCC)C3=O. The van der Waals surface area contributed by atoms with E-state index < -0.39 is 0 Å². The van der Waals surface area contributed by atoms with Crippen LogP contribution < -0.4 is 9.80 Å². The lowest BCUT2D eigenvalue weighted by Crippen LogP contribution is -2.47. The number of benzene rings is 4. The van der Waals surface area contributed by atoms with Gasteiger partial charge in [0.2, 0.25) is 0 Å². The molecule has 4 heterocycles. The summed E-state index contributed by atoms with van der Waals surface area (Å²) in [4.78, 5) is 61.7. The van der Waals surface area contributed by atoms with Crippen LogP contribution in [0, 0.1) is 0 Å². The summed E-state index contributed by atoms with van der Waals surface area (Å²) >= 11 is 0. The smallest absolute Gasteiger partial charge is 0.261 e.